The van der Waals surface area contributed by atoms with Crippen LogP contribution in [0.3, 0.4) is 0 Å². The van der Waals surface area contributed by atoms with E-state index < -0.39 is 9.84 Å². The normalized spacial score (nSPS) is 13.1. The molecule has 0 aliphatic heterocycles. The molecule has 1 aromatic carbocycles. The standard InChI is InChI=1S/C13H20N2O3S/c1-9(2)14-13(16)10(3)15-11-5-7-12(8-6-11)19(4,17)18/h5-10,15H,1-4H3,(H,14,16). The SMILES string of the molecule is CC(C)NC(=O)C(C)Nc1ccc(S(C)(=O)=O)cc1. The van der Waals surface area contributed by atoms with Crippen LogP contribution in [0.4, 0.5) is 5.69 Å². The van der Waals surface area contributed by atoms with E-state index in [9.17, 15) is 13.2 Å². The first-order valence-corrected chi connectivity index (χ1v) is 7.96. The topological polar surface area (TPSA) is 75.3 Å². The maximum absolute atomic E-state index is 11.7. The molecule has 0 aliphatic rings. The summed E-state index contributed by atoms with van der Waals surface area (Å²) in [5, 5.41) is 5.82. The van der Waals surface area contributed by atoms with Gasteiger partial charge in [0.25, 0.3) is 0 Å². The van der Waals surface area contributed by atoms with Gasteiger partial charge in [-0.15, -0.1) is 0 Å². The van der Waals surface area contributed by atoms with Crippen molar-refractivity contribution in [1.29, 1.82) is 0 Å². The Morgan fingerprint density at radius 1 is 1.11 bits per heavy atom. The Morgan fingerprint density at radius 2 is 1.63 bits per heavy atom. The second-order valence-corrected chi connectivity index (χ2v) is 6.84. The van der Waals surface area contributed by atoms with Crippen molar-refractivity contribution in [3.05, 3.63) is 24.3 Å². The molecular weight excluding hydrogens is 264 g/mol. The van der Waals surface area contributed by atoms with Gasteiger partial charge in [-0.05, 0) is 45.0 Å². The molecule has 0 saturated carbocycles. The number of rotatable bonds is 5. The van der Waals surface area contributed by atoms with E-state index in [4.69, 9.17) is 0 Å². The van der Waals surface area contributed by atoms with Gasteiger partial charge < -0.3 is 10.6 Å². The summed E-state index contributed by atoms with van der Waals surface area (Å²) >= 11 is 0. The number of hydrogen-bond acceptors (Lipinski definition) is 4. The minimum Gasteiger partial charge on any atom is -0.374 e. The molecule has 1 rings (SSSR count). The lowest BCUT2D eigenvalue weighted by atomic mass is 10.2. The molecule has 0 radical (unpaired) electrons. The number of benzene rings is 1. The Bertz CT molecular complexity index is 536. The van der Waals surface area contributed by atoms with Crippen molar-refractivity contribution in [2.24, 2.45) is 0 Å². The molecule has 0 aromatic heterocycles. The molecule has 0 fully saturated rings. The minimum absolute atomic E-state index is 0.0874. The molecule has 0 saturated heterocycles. The summed E-state index contributed by atoms with van der Waals surface area (Å²) in [6.07, 6.45) is 1.16. The third kappa shape index (κ3) is 4.90. The number of anilines is 1. The van der Waals surface area contributed by atoms with Crippen LogP contribution >= 0.6 is 0 Å². The lowest BCUT2D eigenvalue weighted by Gasteiger charge is -2.17. The number of carbonyl (C=O) groups excluding carboxylic acids is 1. The smallest absolute Gasteiger partial charge is 0.242 e. The monoisotopic (exact) mass is 284 g/mol. The molecule has 5 nitrogen and oxygen atoms in total. The molecule has 0 spiro atoms. The Morgan fingerprint density at radius 3 is 2.05 bits per heavy atom. The fourth-order valence-corrected chi connectivity index (χ4v) is 2.15. The van der Waals surface area contributed by atoms with Gasteiger partial charge in [0.15, 0.2) is 9.84 Å². The van der Waals surface area contributed by atoms with E-state index in [1.165, 1.54) is 12.1 Å². The van der Waals surface area contributed by atoms with Crippen LogP contribution < -0.4 is 10.6 Å². The first-order chi connectivity index (χ1) is 8.70. The van der Waals surface area contributed by atoms with Gasteiger partial charge in [0, 0.05) is 18.0 Å². The summed E-state index contributed by atoms with van der Waals surface area (Å²) in [6, 6.07) is 6.04. The third-order valence-electron chi connectivity index (χ3n) is 2.49. The highest BCUT2D eigenvalue weighted by Crippen LogP contribution is 2.14. The van der Waals surface area contributed by atoms with Crippen LogP contribution in [0.25, 0.3) is 0 Å². The van der Waals surface area contributed by atoms with Crippen molar-refractivity contribution in [3.63, 3.8) is 0 Å². The van der Waals surface area contributed by atoms with E-state index in [1.54, 1.807) is 19.1 Å². The number of amides is 1. The van der Waals surface area contributed by atoms with E-state index in [0.29, 0.717) is 5.69 Å². The average Bonchev–Trinajstić information content (AvgIpc) is 2.27. The van der Waals surface area contributed by atoms with Crippen molar-refractivity contribution < 1.29 is 13.2 Å². The molecule has 1 unspecified atom stereocenters. The molecular formula is C13H20N2O3S. The van der Waals surface area contributed by atoms with E-state index in [-0.39, 0.29) is 22.9 Å². The van der Waals surface area contributed by atoms with Crippen LogP contribution in [-0.4, -0.2) is 32.7 Å². The van der Waals surface area contributed by atoms with Gasteiger partial charge >= 0.3 is 0 Å². The average molecular weight is 284 g/mol. The summed E-state index contributed by atoms with van der Waals surface area (Å²) in [4.78, 5) is 12.0. The fourth-order valence-electron chi connectivity index (χ4n) is 1.52. The van der Waals surface area contributed by atoms with Crippen molar-refractivity contribution in [3.8, 4) is 0 Å². The molecule has 1 aromatic rings. The molecule has 1 atom stereocenters. The number of nitrogens with one attached hydrogen (secondary N) is 2. The van der Waals surface area contributed by atoms with Crippen molar-refractivity contribution >= 4 is 21.4 Å². The number of sulfone groups is 1. The second-order valence-electron chi connectivity index (χ2n) is 4.83. The van der Waals surface area contributed by atoms with Crippen molar-refractivity contribution in [1.82, 2.24) is 5.32 Å². The van der Waals surface area contributed by atoms with Crippen LogP contribution in [-0.2, 0) is 14.6 Å². The fraction of sp³-hybridized carbons (Fsp3) is 0.462. The Kier molecular flexibility index (Phi) is 4.94. The highest BCUT2D eigenvalue weighted by Gasteiger charge is 2.13. The lowest BCUT2D eigenvalue weighted by molar-refractivity contribution is -0.122. The van der Waals surface area contributed by atoms with Crippen molar-refractivity contribution in [2.75, 3.05) is 11.6 Å². The van der Waals surface area contributed by atoms with Gasteiger partial charge in [0.2, 0.25) is 5.91 Å². The quantitative estimate of drug-likeness (QED) is 0.857. The highest BCUT2D eigenvalue weighted by molar-refractivity contribution is 7.90. The van der Waals surface area contributed by atoms with Gasteiger partial charge in [-0.3, -0.25) is 4.79 Å². The Balaban J connectivity index is 2.71. The van der Waals surface area contributed by atoms with Crippen LogP contribution in [0.15, 0.2) is 29.2 Å². The number of hydrogen-bond donors (Lipinski definition) is 2. The predicted molar refractivity (Wildman–Crippen MR) is 75.9 cm³/mol. The second kappa shape index (κ2) is 6.06. The third-order valence-corrected chi connectivity index (χ3v) is 3.62. The maximum Gasteiger partial charge on any atom is 0.242 e. The van der Waals surface area contributed by atoms with Gasteiger partial charge in [0.1, 0.15) is 6.04 Å². The predicted octanol–water partition coefficient (Wildman–Crippen LogP) is 1.42. The molecule has 0 heterocycles. The Hall–Kier alpha value is -1.56. The Labute approximate surface area is 114 Å². The maximum atomic E-state index is 11.7. The summed E-state index contributed by atoms with van der Waals surface area (Å²) in [6.45, 7) is 5.54. The van der Waals surface area contributed by atoms with E-state index >= 15 is 0 Å². The molecule has 6 heteroatoms. The summed E-state index contributed by atoms with van der Waals surface area (Å²) < 4.78 is 22.6. The van der Waals surface area contributed by atoms with Crippen LogP contribution in [0.1, 0.15) is 20.8 Å². The van der Waals surface area contributed by atoms with E-state index in [1.807, 2.05) is 13.8 Å². The summed E-state index contributed by atoms with van der Waals surface area (Å²) in [5.41, 5.74) is 0.707. The van der Waals surface area contributed by atoms with E-state index in [2.05, 4.69) is 10.6 Å². The zero-order valence-electron chi connectivity index (χ0n) is 11.6. The van der Waals surface area contributed by atoms with Gasteiger partial charge in [-0.25, -0.2) is 8.42 Å². The van der Waals surface area contributed by atoms with Gasteiger partial charge in [0.05, 0.1) is 4.90 Å². The summed E-state index contributed by atoms with van der Waals surface area (Å²) in [7, 11) is -3.19. The lowest BCUT2D eigenvalue weighted by Crippen LogP contribution is -2.40. The van der Waals surface area contributed by atoms with Crippen LogP contribution in [0.2, 0.25) is 0 Å². The summed E-state index contributed by atoms with van der Waals surface area (Å²) in [5.74, 6) is -0.0952. The molecule has 0 bridgehead atoms. The van der Waals surface area contributed by atoms with E-state index in [0.717, 1.165) is 6.26 Å². The molecule has 0 aliphatic carbocycles. The van der Waals surface area contributed by atoms with Gasteiger partial charge in [-0.1, -0.05) is 0 Å². The van der Waals surface area contributed by atoms with Gasteiger partial charge in [-0.2, -0.15) is 0 Å². The first kappa shape index (κ1) is 15.5. The first-order valence-electron chi connectivity index (χ1n) is 6.07. The zero-order chi connectivity index (χ0) is 14.6. The van der Waals surface area contributed by atoms with Crippen molar-refractivity contribution in [2.45, 2.75) is 37.8 Å². The highest BCUT2D eigenvalue weighted by atomic mass is 32.2. The van der Waals surface area contributed by atoms with Crippen LogP contribution in [0.5, 0.6) is 0 Å². The minimum atomic E-state index is -3.19. The molecule has 2 N–H and O–H groups in total. The zero-order valence-corrected chi connectivity index (χ0v) is 12.4. The van der Waals surface area contributed by atoms with Crippen LogP contribution in [0, 0.1) is 0 Å². The molecule has 106 valence electrons. The molecule has 19 heavy (non-hydrogen) atoms. The molecule has 1 amide bonds. The largest absolute Gasteiger partial charge is 0.374 e. The number of carbonyl (C=O) groups is 1.